The van der Waals surface area contributed by atoms with Crippen molar-refractivity contribution in [3.05, 3.63) is 88.7 Å². The number of hydrogen-bond donors (Lipinski definition) is 2. The number of methoxy groups -OCH3 is 1. The van der Waals surface area contributed by atoms with Crippen LogP contribution < -0.4 is 15.4 Å². The van der Waals surface area contributed by atoms with E-state index in [9.17, 15) is 4.79 Å². The van der Waals surface area contributed by atoms with Gasteiger partial charge in [0.15, 0.2) is 0 Å². The van der Waals surface area contributed by atoms with Crippen molar-refractivity contribution in [2.75, 3.05) is 12.4 Å². The van der Waals surface area contributed by atoms with Gasteiger partial charge in [-0.15, -0.1) is 0 Å². The Labute approximate surface area is 163 Å². The van der Waals surface area contributed by atoms with Crippen LogP contribution in [-0.4, -0.2) is 18.0 Å². The Morgan fingerprint density at radius 2 is 1.85 bits per heavy atom. The molecule has 0 saturated heterocycles. The molecule has 3 rings (SSSR count). The number of aromatic nitrogens is 1. The van der Waals surface area contributed by atoms with Gasteiger partial charge in [0.2, 0.25) is 0 Å². The summed E-state index contributed by atoms with van der Waals surface area (Å²) in [7, 11) is 1.61. The van der Waals surface area contributed by atoms with Gasteiger partial charge in [0, 0.05) is 36.1 Å². The number of ether oxygens (including phenoxy) is 1. The summed E-state index contributed by atoms with van der Waals surface area (Å²) < 4.78 is 5.30. The highest BCUT2D eigenvalue weighted by atomic mass is 35.5. The highest BCUT2D eigenvalue weighted by Crippen LogP contribution is 2.17. The van der Waals surface area contributed by atoms with Gasteiger partial charge in [-0.2, -0.15) is 0 Å². The maximum atomic E-state index is 12.4. The molecule has 0 unspecified atom stereocenters. The minimum absolute atomic E-state index is 0.191. The van der Waals surface area contributed by atoms with E-state index in [4.69, 9.17) is 16.3 Å². The van der Waals surface area contributed by atoms with Gasteiger partial charge in [-0.1, -0.05) is 41.9 Å². The number of benzene rings is 2. The van der Waals surface area contributed by atoms with E-state index in [1.807, 2.05) is 48.5 Å². The quantitative estimate of drug-likeness (QED) is 0.641. The average Bonchev–Trinajstić information content (AvgIpc) is 2.72. The molecule has 1 heterocycles. The Bertz CT molecular complexity index is 913. The van der Waals surface area contributed by atoms with E-state index in [2.05, 4.69) is 15.6 Å². The summed E-state index contributed by atoms with van der Waals surface area (Å²) in [5, 5.41) is 6.86. The van der Waals surface area contributed by atoms with Gasteiger partial charge in [-0.25, -0.2) is 0 Å². The molecule has 0 spiro atoms. The van der Waals surface area contributed by atoms with Gasteiger partial charge in [0.25, 0.3) is 5.91 Å². The highest BCUT2D eigenvalue weighted by Gasteiger charge is 2.09. The van der Waals surface area contributed by atoms with E-state index < -0.39 is 0 Å². The predicted octanol–water partition coefficient (Wildman–Crippen LogP) is 4.29. The minimum Gasteiger partial charge on any atom is -0.496 e. The molecule has 2 aromatic carbocycles. The molecule has 0 aliphatic carbocycles. The molecular weight excluding hydrogens is 362 g/mol. The van der Waals surface area contributed by atoms with Crippen LogP contribution in [0.2, 0.25) is 5.02 Å². The van der Waals surface area contributed by atoms with Gasteiger partial charge in [-0.05, 0) is 29.8 Å². The molecule has 0 aliphatic heterocycles. The van der Waals surface area contributed by atoms with Crippen LogP contribution in [0.1, 0.15) is 21.5 Å². The van der Waals surface area contributed by atoms with Crippen molar-refractivity contribution in [2.45, 2.75) is 13.1 Å². The number of carbonyl (C=O) groups is 1. The van der Waals surface area contributed by atoms with Crippen LogP contribution in [-0.2, 0) is 13.1 Å². The minimum atomic E-state index is -0.191. The second-order valence-corrected chi connectivity index (χ2v) is 6.37. The summed E-state index contributed by atoms with van der Waals surface area (Å²) >= 11 is 5.89. The Balaban J connectivity index is 1.60. The molecule has 0 bridgehead atoms. The standard InChI is InChI=1S/C21H20ClN3O2/c1-27-20-5-3-2-4-16(20)13-25-21(26)17-10-19(14-23-12-17)24-11-15-6-8-18(22)9-7-15/h2-10,12,14,24H,11,13H2,1H3,(H,25,26). The fourth-order valence-corrected chi connectivity index (χ4v) is 2.72. The molecule has 0 radical (unpaired) electrons. The number of carbonyl (C=O) groups excluding carboxylic acids is 1. The average molecular weight is 382 g/mol. The van der Waals surface area contributed by atoms with Crippen molar-refractivity contribution in [1.29, 1.82) is 0 Å². The first-order valence-corrected chi connectivity index (χ1v) is 8.87. The number of amides is 1. The topological polar surface area (TPSA) is 63.2 Å². The summed E-state index contributed by atoms with van der Waals surface area (Å²) in [5.74, 6) is 0.554. The van der Waals surface area contributed by atoms with Gasteiger partial charge in [0.05, 0.1) is 18.4 Å². The summed E-state index contributed by atoms with van der Waals surface area (Å²) in [6.45, 7) is 0.996. The van der Waals surface area contributed by atoms with Crippen LogP contribution in [0.15, 0.2) is 67.0 Å². The molecule has 0 fully saturated rings. The third-order valence-corrected chi connectivity index (χ3v) is 4.29. The normalized spacial score (nSPS) is 10.3. The third kappa shape index (κ3) is 5.21. The summed E-state index contributed by atoms with van der Waals surface area (Å²) in [5.41, 5.74) is 3.27. The number of anilines is 1. The molecular formula is C21H20ClN3O2. The van der Waals surface area contributed by atoms with Crippen molar-refractivity contribution in [3.8, 4) is 5.75 Å². The van der Waals surface area contributed by atoms with Gasteiger partial charge in [-0.3, -0.25) is 9.78 Å². The number of hydrogen-bond acceptors (Lipinski definition) is 4. The van der Waals surface area contributed by atoms with E-state index >= 15 is 0 Å². The molecule has 0 atom stereocenters. The zero-order chi connectivity index (χ0) is 19.1. The fourth-order valence-electron chi connectivity index (χ4n) is 2.59. The zero-order valence-electron chi connectivity index (χ0n) is 14.9. The number of pyridine rings is 1. The molecule has 5 nitrogen and oxygen atoms in total. The van der Waals surface area contributed by atoms with E-state index in [-0.39, 0.29) is 5.91 Å². The number of rotatable bonds is 7. The van der Waals surface area contributed by atoms with E-state index in [0.717, 1.165) is 22.6 Å². The summed E-state index contributed by atoms with van der Waals surface area (Å²) in [6.07, 6.45) is 3.23. The summed E-state index contributed by atoms with van der Waals surface area (Å²) in [6, 6.07) is 17.0. The Kier molecular flexibility index (Phi) is 6.28. The lowest BCUT2D eigenvalue weighted by atomic mass is 10.2. The molecule has 0 aliphatic rings. The van der Waals surface area contributed by atoms with Crippen molar-refractivity contribution < 1.29 is 9.53 Å². The van der Waals surface area contributed by atoms with Crippen LogP contribution in [0.3, 0.4) is 0 Å². The molecule has 138 valence electrons. The van der Waals surface area contributed by atoms with Crippen LogP contribution in [0.25, 0.3) is 0 Å². The Morgan fingerprint density at radius 3 is 2.63 bits per heavy atom. The number of halogens is 1. The fraction of sp³-hybridized carbons (Fsp3) is 0.143. The van der Waals surface area contributed by atoms with Crippen molar-refractivity contribution in [3.63, 3.8) is 0 Å². The number of nitrogens with zero attached hydrogens (tertiary/aromatic N) is 1. The number of nitrogens with one attached hydrogen (secondary N) is 2. The monoisotopic (exact) mass is 381 g/mol. The molecule has 3 aromatic rings. The van der Waals surface area contributed by atoms with Crippen molar-refractivity contribution in [2.24, 2.45) is 0 Å². The van der Waals surface area contributed by atoms with Crippen LogP contribution in [0.5, 0.6) is 5.75 Å². The Morgan fingerprint density at radius 1 is 1.07 bits per heavy atom. The van der Waals surface area contributed by atoms with Gasteiger partial charge < -0.3 is 15.4 Å². The molecule has 1 aromatic heterocycles. The molecule has 0 saturated carbocycles. The van der Waals surface area contributed by atoms with E-state index in [1.54, 1.807) is 25.6 Å². The first kappa shape index (κ1) is 18.7. The Hall–Kier alpha value is -3.05. The third-order valence-electron chi connectivity index (χ3n) is 4.04. The molecule has 27 heavy (non-hydrogen) atoms. The SMILES string of the molecule is COc1ccccc1CNC(=O)c1cncc(NCc2ccc(Cl)cc2)c1. The first-order chi connectivity index (χ1) is 13.2. The van der Waals surface area contributed by atoms with Crippen molar-refractivity contribution >= 4 is 23.2 Å². The van der Waals surface area contributed by atoms with E-state index in [1.165, 1.54) is 0 Å². The van der Waals surface area contributed by atoms with Gasteiger partial charge in [0.1, 0.15) is 5.75 Å². The van der Waals surface area contributed by atoms with Crippen LogP contribution >= 0.6 is 11.6 Å². The molecule has 6 heteroatoms. The van der Waals surface area contributed by atoms with Gasteiger partial charge >= 0.3 is 0 Å². The smallest absolute Gasteiger partial charge is 0.253 e. The lowest BCUT2D eigenvalue weighted by Crippen LogP contribution is -2.23. The lowest BCUT2D eigenvalue weighted by molar-refractivity contribution is 0.0950. The zero-order valence-corrected chi connectivity index (χ0v) is 15.7. The lowest BCUT2D eigenvalue weighted by Gasteiger charge is -2.11. The number of para-hydroxylation sites is 1. The second-order valence-electron chi connectivity index (χ2n) is 5.94. The summed E-state index contributed by atoms with van der Waals surface area (Å²) in [4.78, 5) is 16.6. The largest absolute Gasteiger partial charge is 0.496 e. The maximum absolute atomic E-state index is 12.4. The predicted molar refractivity (Wildman–Crippen MR) is 107 cm³/mol. The van der Waals surface area contributed by atoms with Crippen LogP contribution in [0.4, 0.5) is 5.69 Å². The first-order valence-electron chi connectivity index (χ1n) is 8.49. The molecule has 1 amide bonds. The van der Waals surface area contributed by atoms with Crippen molar-refractivity contribution in [1.82, 2.24) is 10.3 Å². The highest BCUT2D eigenvalue weighted by molar-refractivity contribution is 6.30. The maximum Gasteiger partial charge on any atom is 0.253 e. The van der Waals surface area contributed by atoms with Crippen LogP contribution in [0, 0.1) is 0 Å². The second kappa shape index (κ2) is 9.05. The molecule has 2 N–H and O–H groups in total. The van der Waals surface area contributed by atoms with E-state index in [0.29, 0.717) is 23.7 Å².